The van der Waals surface area contributed by atoms with Crippen molar-refractivity contribution < 1.29 is 9.72 Å². The van der Waals surface area contributed by atoms with Crippen LogP contribution < -0.4 is 5.32 Å². The Balaban J connectivity index is 1.41. The van der Waals surface area contributed by atoms with Crippen LogP contribution in [0.3, 0.4) is 0 Å². The Kier molecular flexibility index (Phi) is 4.76. The summed E-state index contributed by atoms with van der Waals surface area (Å²) >= 11 is 0. The molecule has 11 heteroatoms. The Morgan fingerprint density at radius 1 is 1.17 bits per heavy atom. The third-order valence-electron chi connectivity index (χ3n) is 4.04. The minimum absolute atomic E-state index is 0.0501. The molecule has 1 amide bonds. The third-order valence-corrected chi connectivity index (χ3v) is 4.04. The number of nitro groups is 1. The van der Waals surface area contributed by atoms with Gasteiger partial charge in [-0.2, -0.15) is 10.2 Å². The summed E-state index contributed by atoms with van der Waals surface area (Å²) in [6, 6.07) is 11.1. The van der Waals surface area contributed by atoms with E-state index in [1.165, 1.54) is 27.8 Å². The molecular formula is C18H14N8O3. The largest absolute Gasteiger partial charge is 0.347 e. The molecule has 3 aromatic heterocycles. The maximum absolute atomic E-state index is 12.4. The maximum Gasteiger partial charge on any atom is 0.272 e. The van der Waals surface area contributed by atoms with Gasteiger partial charge in [-0.3, -0.25) is 14.9 Å². The molecule has 4 aromatic rings. The van der Waals surface area contributed by atoms with Crippen molar-refractivity contribution in [2.75, 3.05) is 0 Å². The van der Waals surface area contributed by atoms with E-state index in [-0.39, 0.29) is 23.8 Å². The molecule has 0 saturated heterocycles. The van der Waals surface area contributed by atoms with E-state index in [0.717, 1.165) is 5.56 Å². The Bertz CT molecular complexity index is 1150. The summed E-state index contributed by atoms with van der Waals surface area (Å²) in [5.74, 6) is 0.253. The van der Waals surface area contributed by atoms with Crippen LogP contribution in [-0.2, 0) is 6.54 Å². The van der Waals surface area contributed by atoms with E-state index in [1.54, 1.807) is 43.0 Å². The summed E-state index contributed by atoms with van der Waals surface area (Å²) in [6.07, 6.45) is 6.17. The first-order valence-corrected chi connectivity index (χ1v) is 8.49. The normalized spacial score (nSPS) is 10.6. The fraction of sp³-hybridized carbons (Fsp3) is 0.0556. The lowest BCUT2D eigenvalue weighted by molar-refractivity contribution is -0.384. The number of non-ortho nitro benzene ring substituents is 1. The molecule has 0 fully saturated rings. The Labute approximate surface area is 163 Å². The second-order valence-electron chi connectivity index (χ2n) is 5.97. The third kappa shape index (κ3) is 3.98. The van der Waals surface area contributed by atoms with Gasteiger partial charge in [-0.1, -0.05) is 12.1 Å². The van der Waals surface area contributed by atoms with Gasteiger partial charge in [0.1, 0.15) is 12.7 Å². The molecule has 0 aliphatic rings. The molecule has 0 spiro atoms. The number of carbonyl (C=O) groups excluding carboxylic acids is 1. The number of pyridine rings is 1. The maximum atomic E-state index is 12.4. The first-order valence-electron chi connectivity index (χ1n) is 8.49. The number of hydrogen-bond acceptors (Lipinski definition) is 7. The summed E-state index contributed by atoms with van der Waals surface area (Å²) in [5.41, 5.74) is 1.45. The van der Waals surface area contributed by atoms with Crippen molar-refractivity contribution in [1.82, 2.24) is 34.8 Å². The predicted molar refractivity (Wildman–Crippen MR) is 101 cm³/mol. The van der Waals surface area contributed by atoms with Crippen molar-refractivity contribution in [2.24, 2.45) is 0 Å². The molecule has 0 atom stereocenters. The van der Waals surface area contributed by atoms with Crippen LogP contribution in [0.15, 0.2) is 67.5 Å². The lowest BCUT2D eigenvalue weighted by Gasteiger charge is -2.05. The van der Waals surface area contributed by atoms with Crippen LogP contribution in [0.2, 0.25) is 0 Å². The van der Waals surface area contributed by atoms with E-state index >= 15 is 0 Å². The number of nitrogens with zero attached hydrogens (tertiary/aromatic N) is 7. The molecule has 144 valence electrons. The average Bonchev–Trinajstić information content (AvgIpc) is 3.45. The number of carbonyl (C=O) groups is 1. The fourth-order valence-corrected chi connectivity index (χ4v) is 2.59. The molecule has 4 rings (SSSR count). The van der Waals surface area contributed by atoms with E-state index in [2.05, 4.69) is 25.5 Å². The lowest BCUT2D eigenvalue weighted by Crippen LogP contribution is -2.23. The highest BCUT2D eigenvalue weighted by Gasteiger charge is 2.12. The van der Waals surface area contributed by atoms with Crippen molar-refractivity contribution in [3.05, 3.63) is 88.9 Å². The van der Waals surface area contributed by atoms with Crippen molar-refractivity contribution in [2.45, 2.75) is 6.54 Å². The van der Waals surface area contributed by atoms with E-state index in [1.807, 2.05) is 6.07 Å². The Morgan fingerprint density at radius 2 is 2.07 bits per heavy atom. The van der Waals surface area contributed by atoms with E-state index in [9.17, 15) is 14.9 Å². The minimum Gasteiger partial charge on any atom is -0.347 e. The summed E-state index contributed by atoms with van der Waals surface area (Å²) in [4.78, 5) is 30.9. The van der Waals surface area contributed by atoms with E-state index < -0.39 is 4.92 Å². The Morgan fingerprint density at radius 3 is 2.79 bits per heavy atom. The van der Waals surface area contributed by atoms with Crippen LogP contribution in [0.4, 0.5) is 5.69 Å². The van der Waals surface area contributed by atoms with E-state index in [4.69, 9.17) is 0 Å². The molecule has 29 heavy (non-hydrogen) atoms. The summed E-state index contributed by atoms with van der Waals surface area (Å²) in [7, 11) is 0. The van der Waals surface area contributed by atoms with Crippen molar-refractivity contribution in [3.63, 3.8) is 0 Å². The summed E-state index contributed by atoms with van der Waals surface area (Å²) in [6.45, 7) is 0.271. The second kappa shape index (κ2) is 7.68. The number of hydrogen-bond donors (Lipinski definition) is 1. The van der Waals surface area contributed by atoms with Crippen LogP contribution in [0.25, 0.3) is 11.5 Å². The monoisotopic (exact) mass is 390 g/mol. The number of amides is 1. The Hall–Kier alpha value is -4.41. The first kappa shape index (κ1) is 18.0. The molecular weight excluding hydrogens is 376 g/mol. The van der Waals surface area contributed by atoms with Gasteiger partial charge in [0.2, 0.25) is 0 Å². The topological polar surface area (TPSA) is 134 Å². The van der Waals surface area contributed by atoms with Crippen LogP contribution >= 0.6 is 0 Å². The molecule has 0 radical (unpaired) electrons. The average molecular weight is 390 g/mol. The lowest BCUT2D eigenvalue weighted by atomic mass is 10.2. The van der Waals surface area contributed by atoms with Crippen molar-refractivity contribution in [3.8, 4) is 11.5 Å². The number of rotatable bonds is 6. The van der Waals surface area contributed by atoms with Gasteiger partial charge in [0.15, 0.2) is 11.5 Å². The van der Waals surface area contributed by atoms with Gasteiger partial charge in [0.25, 0.3) is 11.6 Å². The van der Waals surface area contributed by atoms with Gasteiger partial charge < -0.3 is 5.32 Å². The predicted octanol–water partition coefficient (Wildman–Crippen LogP) is 1.69. The van der Waals surface area contributed by atoms with Crippen LogP contribution in [0, 0.1) is 10.1 Å². The SMILES string of the molecule is O=C(NCc1ccc(-n2cncn2)nc1)c1ccn(-c2cccc([N+](=O)[O-])c2)n1. The molecule has 0 unspecified atom stereocenters. The van der Waals surface area contributed by atoms with Gasteiger partial charge in [0, 0.05) is 31.1 Å². The van der Waals surface area contributed by atoms with Crippen LogP contribution in [0.1, 0.15) is 16.1 Å². The highest BCUT2D eigenvalue weighted by atomic mass is 16.6. The number of aromatic nitrogens is 6. The smallest absolute Gasteiger partial charge is 0.272 e. The highest BCUT2D eigenvalue weighted by Crippen LogP contribution is 2.16. The molecule has 0 saturated carbocycles. The molecule has 0 aliphatic heterocycles. The quantitative estimate of drug-likeness (QED) is 0.391. The van der Waals surface area contributed by atoms with Gasteiger partial charge in [0.05, 0.1) is 10.6 Å². The standard InChI is InChI=1S/C18H14N8O3/c27-18(21-10-13-4-5-17(20-9-13)25-12-19-11-22-25)16-6-7-24(23-16)14-2-1-3-15(8-14)26(28)29/h1-9,11-12H,10H2,(H,21,27). The molecule has 0 aliphatic carbocycles. The van der Waals surface area contributed by atoms with Gasteiger partial charge in [-0.15, -0.1) is 0 Å². The first-order chi connectivity index (χ1) is 14.1. The van der Waals surface area contributed by atoms with Gasteiger partial charge in [-0.25, -0.2) is 19.3 Å². The number of benzene rings is 1. The fourth-order valence-electron chi connectivity index (χ4n) is 2.59. The van der Waals surface area contributed by atoms with Crippen molar-refractivity contribution >= 4 is 11.6 Å². The number of nitrogens with one attached hydrogen (secondary N) is 1. The zero-order valence-corrected chi connectivity index (χ0v) is 14.9. The van der Waals surface area contributed by atoms with E-state index in [0.29, 0.717) is 11.5 Å². The highest BCUT2D eigenvalue weighted by molar-refractivity contribution is 5.92. The van der Waals surface area contributed by atoms with Crippen LogP contribution in [-0.4, -0.2) is 40.4 Å². The number of nitro benzene ring substituents is 1. The zero-order chi connectivity index (χ0) is 20.2. The van der Waals surface area contributed by atoms with Crippen molar-refractivity contribution in [1.29, 1.82) is 0 Å². The molecule has 3 heterocycles. The molecule has 1 N–H and O–H groups in total. The molecule has 11 nitrogen and oxygen atoms in total. The summed E-state index contributed by atoms with van der Waals surface area (Å²) in [5, 5.41) is 21.9. The van der Waals surface area contributed by atoms with Gasteiger partial charge >= 0.3 is 0 Å². The summed E-state index contributed by atoms with van der Waals surface area (Å²) < 4.78 is 2.94. The molecule has 1 aromatic carbocycles. The minimum atomic E-state index is -0.483. The second-order valence-corrected chi connectivity index (χ2v) is 5.97. The van der Waals surface area contributed by atoms with Crippen LogP contribution in [0.5, 0.6) is 0 Å². The zero-order valence-electron chi connectivity index (χ0n) is 14.9. The van der Waals surface area contributed by atoms with Gasteiger partial charge in [-0.05, 0) is 23.8 Å². The molecule has 0 bridgehead atoms.